The van der Waals surface area contributed by atoms with Gasteiger partial charge in [-0.15, -0.1) is 0 Å². The van der Waals surface area contributed by atoms with Crippen LogP contribution in [0.5, 0.6) is 5.75 Å². The van der Waals surface area contributed by atoms with Gasteiger partial charge in [-0.25, -0.2) is 0 Å². The molecule has 1 N–H and O–H groups in total. The number of carbonyl (C=O) groups is 2. The number of methoxy groups -OCH3 is 1. The van der Waals surface area contributed by atoms with E-state index in [2.05, 4.69) is 4.98 Å². The summed E-state index contributed by atoms with van der Waals surface area (Å²) in [6.07, 6.45) is 3.28. The third-order valence-electron chi connectivity index (χ3n) is 5.15. The van der Waals surface area contributed by atoms with Gasteiger partial charge in [0.2, 0.25) is 0 Å². The van der Waals surface area contributed by atoms with Crippen LogP contribution in [-0.4, -0.2) is 33.8 Å². The van der Waals surface area contributed by atoms with Crippen molar-refractivity contribution in [3.05, 3.63) is 100 Å². The van der Waals surface area contributed by atoms with Crippen LogP contribution in [0.25, 0.3) is 5.76 Å². The fourth-order valence-electron chi connectivity index (χ4n) is 3.72. The lowest BCUT2D eigenvalue weighted by atomic mass is 9.95. The summed E-state index contributed by atoms with van der Waals surface area (Å²) in [5.74, 6) is -1.45. The number of aliphatic hydroxyl groups excluding tert-OH is 1. The number of hydrogen-bond acceptors (Lipinski definition) is 5. The second-order valence-corrected chi connectivity index (χ2v) is 7.48. The summed E-state index contributed by atoms with van der Waals surface area (Å²) < 4.78 is 5.34. The Balaban J connectivity index is 1.90. The van der Waals surface area contributed by atoms with Crippen molar-refractivity contribution in [2.24, 2.45) is 0 Å². The molecule has 0 radical (unpaired) electrons. The van der Waals surface area contributed by atoms with Crippen LogP contribution in [-0.2, 0) is 16.1 Å². The highest BCUT2D eigenvalue weighted by Gasteiger charge is 2.46. The Hall–Kier alpha value is -3.64. The predicted octanol–water partition coefficient (Wildman–Crippen LogP) is 4.37. The topological polar surface area (TPSA) is 79.7 Å². The number of halogens is 1. The first-order valence-electron chi connectivity index (χ1n) is 9.57. The standard InChI is InChI=1S/C24H19ClN2O4/c1-31-19-10-9-17(25)12-18(19)22(28)20-21(16-7-3-2-4-8-16)27(24(30)23(20)29)14-15-6-5-11-26-13-15/h2-13,21,28H,14H2,1H3/b22-20+. The summed E-state index contributed by atoms with van der Waals surface area (Å²) in [4.78, 5) is 31.6. The van der Waals surface area contributed by atoms with E-state index >= 15 is 0 Å². The first-order valence-corrected chi connectivity index (χ1v) is 9.95. The Morgan fingerprint density at radius 2 is 1.90 bits per heavy atom. The smallest absolute Gasteiger partial charge is 0.295 e. The molecule has 1 fully saturated rings. The Morgan fingerprint density at radius 1 is 1.13 bits per heavy atom. The van der Waals surface area contributed by atoms with E-state index in [1.54, 1.807) is 30.6 Å². The van der Waals surface area contributed by atoms with E-state index in [1.807, 2.05) is 36.4 Å². The molecule has 6 nitrogen and oxygen atoms in total. The van der Waals surface area contributed by atoms with Gasteiger partial charge in [0.15, 0.2) is 0 Å². The minimum Gasteiger partial charge on any atom is -0.507 e. The number of likely N-dealkylation sites (tertiary alicyclic amines) is 1. The van der Waals surface area contributed by atoms with Gasteiger partial charge in [-0.05, 0) is 35.4 Å². The number of ketones is 1. The molecule has 1 aliphatic heterocycles. The maximum Gasteiger partial charge on any atom is 0.295 e. The molecular weight excluding hydrogens is 416 g/mol. The zero-order chi connectivity index (χ0) is 22.0. The van der Waals surface area contributed by atoms with E-state index in [0.717, 1.165) is 5.56 Å². The van der Waals surface area contributed by atoms with Gasteiger partial charge in [0, 0.05) is 24.0 Å². The number of Topliss-reactive ketones (excluding diaryl/α,β-unsaturated/α-hetero) is 1. The Kier molecular flexibility index (Phi) is 5.73. The second-order valence-electron chi connectivity index (χ2n) is 7.04. The molecule has 1 amide bonds. The van der Waals surface area contributed by atoms with Crippen molar-refractivity contribution in [2.75, 3.05) is 7.11 Å². The summed E-state index contributed by atoms with van der Waals surface area (Å²) in [6.45, 7) is 0.168. The Morgan fingerprint density at radius 3 is 2.58 bits per heavy atom. The molecule has 1 aliphatic rings. The van der Waals surface area contributed by atoms with Crippen LogP contribution >= 0.6 is 11.6 Å². The molecule has 1 saturated heterocycles. The Bertz CT molecular complexity index is 1160. The van der Waals surface area contributed by atoms with Gasteiger partial charge in [0.1, 0.15) is 11.5 Å². The van der Waals surface area contributed by atoms with Crippen LogP contribution in [0.15, 0.2) is 78.6 Å². The Labute approximate surface area is 184 Å². The number of pyridine rings is 1. The molecule has 7 heteroatoms. The maximum absolute atomic E-state index is 13.1. The molecule has 2 heterocycles. The largest absolute Gasteiger partial charge is 0.507 e. The van der Waals surface area contributed by atoms with Gasteiger partial charge < -0.3 is 14.7 Å². The van der Waals surface area contributed by atoms with Gasteiger partial charge in [-0.3, -0.25) is 14.6 Å². The number of carbonyl (C=O) groups excluding carboxylic acids is 2. The monoisotopic (exact) mass is 434 g/mol. The number of benzene rings is 2. The van der Waals surface area contributed by atoms with Crippen molar-refractivity contribution in [1.29, 1.82) is 0 Å². The van der Waals surface area contributed by atoms with Crippen LogP contribution in [0.4, 0.5) is 0 Å². The number of ether oxygens (including phenoxy) is 1. The van der Waals surface area contributed by atoms with Crippen LogP contribution in [0.3, 0.4) is 0 Å². The summed E-state index contributed by atoms with van der Waals surface area (Å²) in [5.41, 5.74) is 1.70. The third-order valence-corrected chi connectivity index (χ3v) is 5.38. The molecule has 2 aromatic carbocycles. The number of aliphatic hydroxyl groups is 1. The number of amides is 1. The maximum atomic E-state index is 13.1. The van der Waals surface area contributed by atoms with Gasteiger partial charge in [-0.2, -0.15) is 0 Å². The lowest BCUT2D eigenvalue weighted by molar-refractivity contribution is -0.140. The number of aromatic nitrogens is 1. The summed E-state index contributed by atoms with van der Waals surface area (Å²) in [5, 5.41) is 11.6. The van der Waals surface area contributed by atoms with Crippen molar-refractivity contribution in [3.63, 3.8) is 0 Å². The summed E-state index contributed by atoms with van der Waals surface area (Å²) >= 11 is 6.12. The molecule has 3 aromatic rings. The van der Waals surface area contributed by atoms with Crippen molar-refractivity contribution in [1.82, 2.24) is 9.88 Å². The van der Waals surface area contributed by atoms with Crippen LogP contribution in [0, 0.1) is 0 Å². The molecule has 1 atom stereocenters. The number of hydrogen-bond donors (Lipinski definition) is 1. The molecule has 156 valence electrons. The van der Waals surface area contributed by atoms with E-state index in [0.29, 0.717) is 16.3 Å². The number of nitrogens with zero attached hydrogens (tertiary/aromatic N) is 2. The zero-order valence-electron chi connectivity index (χ0n) is 16.7. The minimum absolute atomic E-state index is 0.0133. The first-order chi connectivity index (χ1) is 15.0. The van der Waals surface area contributed by atoms with Gasteiger partial charge in [0.25, 0.3) is 11.7 Å². The van der Waals surface area contributed by atoms with Crippen molar-refractivity contribution in [2.45, 2.75) is 12.6 Å². The van der Waals surface area contributed by atoms with Crippen LogP contribution < -0.4 is 4.74 Å². The molecule has 0 bridgehead atoms. The molecule has 31 heavy (non-hydrogen) atoms. The molecule has 0 aliphatic carbocycles. The average Bonchev–Trinajstić information content (AvgIpc) is 3.04. The third kappa shape index (κ3) is 3.90. The SMILES string of the molecule is COc1ccc(Cl)cc1/C(O)=C1\C(=O)C(=O)N(Cc2cccnc2)C1c1ccccc1. The van der Waals surface area contributed by atoms with Crippen LogP contribution in [0.2, 0.25) is 5.02 Å². The molecule has 1 unspecified atom stereocenters. The normalized spacial score (nSPS) is 17.7. The molecule has 0 saturated carbocycles. The van der Waals surface area contributed by atoms with E-state index in [1.165, 1.54) is 18.1 Å². The minimum atomic E-state index is -0.773. The molecule has 1 aromatic heterocycles. The lowest BCUT2D eigenvalue weighted by Gasteiger charge is -2.25. The molecule has 4 rings (SSSR count). The molecule has 0 spiro atoms. The van der Waals surface area contributed by atoms with Crippen molar-refractivity contribution in [3.8, 4) is 5.75 Å². The van der Waals surface area contributed by atoms with Crippen molar-refractivity contribution >= 4 is 29.1 Å². The number of rotatable bonds is 5. The lowest BCUT2D eigenvalue weighted by Crippen LogP contribution is -2.29. The van der Waals surface area contributed by atoms with Gasteiger partial charge >= 0.3 is 0 Å². The molecular formula is C24H19ClN2O4. The van der Waals surface area contributed by atoms with E-state index in [9.17, 15) is 14.7 Å². The highest BCUT2D eigenvalue weighted by atomic mass is 35.5. The fraction of sp³-hybridized carbons (Fsp3) is 0.125. The van der Waals surface area contributed by atoms with E-state index in [-0.39, 0.29) is 23.4 Å². The summed E-state index contributed by atoms with van der Waals surface area (Å²) in [7, 11) is 1.45. The predicted molar refractivity (Wildman–Crippen MR) is 117 cm³/mol. The highest BCUT2D eigenvalue weighted by Crippen LogP contribution is 2.42. The highest BCUT2D eigenvalue weighted by molar-refractivity contribution is 6.46. The van der Waals surface area contributed by atoms with Gasteiger partial charge in [0.05, 0.1) is 24.3 Å². The summed E-state index contributed by atoms with van der Waals surface area (Å²) in [6, 6.07) is 16.7. The van der Waals surface area contributed by atoms with E-state index in [4.69, 9.17) is 16.3 Å². The second kappa shape index (κ2) is 8.62. The van der Waals surface area contributed by atoms with Crippen LogP contribution in [0.1, 0.15) is 22.7 Å². The van der Waals surface area contributed by atoms with E-state index < -0.39 is 17.7 Å². The quantitative estimate of drug-likeness (QED) is 0.366. The first kappa shape index (κ1) is 20.6. The van der Waals surface area contributed by atoms with Crippen molar-refractivity contribution < 1.29 is 19.4 Å². The van der Waals surface area contributed by atoms with Gasteiger partial charge in [-0.1, -0.05) is 48.0 Å². The fourth-order valence-corrected chi connectivity index (χ4v) is 3.90. The zero-order valence-corrected chi connectivity index (χ0v) is 17.4. The average molecular weight is 435 g/mol.